The molecule has 1 aliphatic rings. The molecule has 1 atom stereocenters. The smallest absolute Gasteiger partial charge is 0.237 e. The number of carbonyl (C=O) groups is 2. The summed E-state index contributed by atoms with van der Waals surface area (Å²) >= 11 is 0. The highest BCUT2D eigenvalue weighted by Gasteiger charge is 2.47. The maximum absolute atomic E-state index is 12.4. The summed E-state index contributed by atoms with van der Waals surface area (Å²) in [4.78, 5) is 25.7. The van der Waals surface area contributed by atoms with Crippen LogP contribution < -0.4 is 10.2 Å². The highest BCUT2D eigenvalue weighted by molar-refractivity contribution is 6.09. The van der Waals surface area contributed by atoms with Crippen molar-refractivity contribution < 1.29 is 9.59 Å². The Kier molecular flexibility index (Phi) is 2.89. The van der Waals surface area contributed by atoms with Crippen LogP contribution in [0.4, 0.5) is 5.69 Å². The summed E-state index contributed by atoms with van der Waals surface area (Å²) in [7, 11) is 3.34. The van der Waals surface area contributed by atoms with Crippen LogP contribution in [-0.4, -0.2) is 25.9 Å². The molecule has 0 radical (unpaired) electrons. The molecule has 1 aromatic carbocycles. The van der Waals surface area contributed by atoms with Gasteiger partial charge >= 0.3 is 0 Å². The number of hydrogen-bond acceptors (Lipinski definition) is 2. The molecule has 2 amide bonds. The average molecular weight is 246 g/mol. The van der Waals surface area contributed by atoms with E-state index in [0.29, 0.717) is 0 Å². The minimum Gasteiger partial charge on any atom is -0.359 e. The topological polar surface area (TPSA) is 49.4 Å². The van der Waals surface area contributed by atoms with Gasteiger partial charge in [-0.2, -0.15) is 0 Å². The number of anilines is 1. The van der Waals surface area contributed by atoms with Crippen molar-refractivity contribution in [2.45, 2.75) is 25.7 Å². The van der Waals surface area contributed by atoms with Crippen LogP contribution in [0, 0.1) is 6.92 Å². The third-order valence-electron chi connectivity index (χ3n) is 3.68. The molecular formula is C14H18N2O2. The van der Waals surface area contributed by atoms with Crippen LogP contribution in [-0.2, 0) is 15.0 Å². The molecule has 0 fully saturated rings. The first kappa shape index (κ1) is 12.6. The van der Waals surface area contributed by atoms with Crippen LogP contribution in [0.3, 0.4) is 0 Å². The number of carbonyl (C=O) groups excluding carboxylic acids is 2. The van der Waals surface area contributed by atoms with E-state index in [-0.39, 0.29) is 18.2 Å². The number of aryl methyl sites for hydroxylation is 1. The van der Waals surface area contributed by atoms with Gasteiger partial charge in [0.25, 0.3) is 0 Å². The van der Waals surface area contributed by atoms with E-state index < -0.39 is 5.41 Å². The largest absolute Gasteiger partial charge is 0.359 e. The van der Waals surface area contributed by atoms with E-state index in [1.165, 1.54) is 0 Å². The van der Waals surface area contributed by atoms with E-state index in [1.807, 2.05) is 32.0 Å². The lowest BCUT2D eigenvalue weighted by molar-refractivity contribution is -0.128. The number of hydrogen-bond donors (Lipinski definition) is 1. The second-order valence-electron chi connectivity index (χ2n) is 5.07. The molecule has 1 aromatic rings. The van der Waals surface area contributed by atoms with Gasteiger partial charge in [-0.25, -0.2) is 0 Å². The number of rotatable bonds is 2. The summed E-state index contributed by atoms with van der Waals surface area (Å²) in [6.45, 7) is 3.83. The molecule has 0 saturated heterocycles. The van der Waals surface area contributed by atoms with E-state index >= 15 is 0 Å². The lowest BCUT2D eigenvalue weighted by Crippen LogP contribution is -2.40. The van der Waals surface area contributed by atoms with Gasteiger partial charge in [-0.05, 0) is 25.5 Å². The zero-order valence-electron chi connectivity index (χ0n) is 11.2. The summed E-state index contributed by atoms with van der Waals surface area (Å²) in [5.74, 6) is -0.139. The van der Waals surface area contributed by atoms with Crippen LogP contribution in [0.2, 0.25) is 0 Å². The molecule has 18 heavy (non-hydrogen) atoms. The van der Waals surface area contributed by atoms with Crippen molar-refractivity contribution in [1.29, 1.82) is 0 Å². The van der Waals surface area contributed by atoms with E-state index in [2.05, 4.69) is 5.32 Å². The molecule has 1 heterocycles. The Labute approximate surface area is 107 Å². The van der Waals surface area contributed by atoms with Gasteiger partial charge in [0.2, 0.25) is 11.8 Å². The predicted octanol–water partition coefficient (Wildman–Crippen LogP) is 1.37. The Morgan fingerprint density at radius 3 is 2.72 bits per heavy atom. The van der Waals surface area contributed by atoms with Gasteiger partial charge in [0.1, 0.15) is 0 Å². The van der Waals surface area contributed by atoms with Gasteiger partial charge in [0.05, 0.1) is 5.41 Å². The fraction of sp³-hybridized carbons (Fsp3) is 0.429. The fourth-order valence-electron chi connectivity index (χ4n) is 2.56. The Hall–Kier alpha value is -1.84. The Morgan fingerprint density at radius 2 is 2.11 bits per heavy atom. The predicted molar refractivity (Wildman–Crippen MR) is 70.6 cm³/mol. The molecular weight excluding hydrogens is 228 g/mol. The second kappa shape index (κ2) is 4.12. The number of fused-ring (bicyclic) bond motifs is 1. The van der Waals surface area contributed by atoms with Gasteiger partial charge in [-0.1, -0.05) is 17.7 Å². The summed E-state index contributed by atoms with van der Waals surface area (Å²) < 4.78 is 0. The lowest BCUT2D eigenvalue weighted by atomic mass is 9.80. The first-order valence-corrected chi connectivity index (χ1v) is 6.00. The molecule has 1 N–H and O–H groups in total. The Bertz CT molecular complexity index is 525. The van der Waals surface area contributed by atoms with Gasteiger partial charge in [-0.3, -0.25) is 9.59 Å². The van der Waals surface area contributed by atoms with Crippen molar-refractivity contribution in [3.8, 4) is 0 Å². The molecule has 96 valence electrons. The zero-order valence-corrected chi connectivity index (χ0v) is 11.2. The van der Waals surface area contributed by atoms with Crippen LogP contribution in [0.25, 0.3) is 0 Å². The van der Waals surface area contributed by atoms with Crippen molar-refractivity contribution in [2.24, 2.45) is 0 Å². The van der Waals surface area contributed by atoms with E-state index in [9.17, 15) is 9.59 Å². The van der Waals surface area contributed by atoms with Crippen LogP contribution in [0.5, 0.6) is 0 Å². The maximum atomic E-state index is 12.4. The number of likely N-dealkylation sites (N-methyl/N-ethyl adjacent to an activating group) is 1. The van der Waals surface area contributed by atoms with Crippen LogP contribution in [0.1, 0.15) is 24.5 Å². The van der Waals surface area contributed by atoms with Crippen molar-refractivity contribution in [3.63, 3.8) is 0 Å². The van der Waals surface area contributed by atoms with Gasteiger partial charge in [0.15, 0.2) is 0 Å². The normalized spacial score (nSPS) is 22.0. The van der Waals surface area contributed by atoms with Crippen molar-refractivity contribution >= 4 is 17.5 Å². The SMILES string of the molecule is CNC(=O)CC1(C)C(=O)N(C)c2ccc(C)cc21. The van der Waals surface area contributed by atoms with Gasteiger partial charge in [0, 0.05) is 26.2 Å². The monoisotopic (exact) mass is 246 g/mol. The summed E-state index contributed by atoms with van der Waals surface area (Å²) in [5.41, 5.74) is 2.19. The van der Waals surface area contributed by atoms with Crippen molar-refractivity contribution in [1.82, 2.24) is 5.32 Å². The molecule has 4 nitrogen and oxygen atoms in total. The standard InChI is InChI=1S/C14H18N2O2/c1-9-5-6-11-10(7-9)14(2,8-12(17)15-3)13(18)16(11)4/h5-7H,8H2,1-4H3,(H,15,17). The molecule has 0 spiro atoms. The first-order valence-electron chi connectivity index (χ1n) is 6.00. The summed E-state index contributed by atoms with van der Waals surface area (Å²) in [5, 5.41) is 2.59. The Balaban J connectivity index is 2.53. The molecule has 4 heteroatoms. The minimum atomic E-state index is -0.754. The number of nitrogens with one attached hydrogen (secondary N) is 1. The highest BCUT2D eigenvalue weighted by Crippen LogP contribution is 2.43. The van der Waals surface area contributed by atoms with Crippen molar-refractivity contribution in [2.75, 3.05) is 19.0 Å². The Morgan fingerprint density at radius 1 is 1.44 bits per heavy atom. The third-order valence-corrected chi connectivity index (χ3v) is 3.68. The number of amides is 2. The maximum Gasteiger partial charge on any atom is 0.237 e. The molecule has 0 saturated carbocycles. The first-order chi connectivity index (χ1) is 8.40. The molecule has 0 bridgehead atoms. The van der Waals surface area contributed by atoms with Gasteiger partial charge < -0.3 is 10.2 Å². The second-order valence-corrected chi connectivity index (χ2v) is 5.07. The van der Waals surface area contributed by atoms with E-state index in [1.54, 1.807) is 19.0 Å². The van der Waals surface area contributed by atoms with E-state index in [4.69, 9.17) is 0 Å². The zero-order chi connectivity index (χ0) is 13.5. The molecule has 0 aliphatic carbocycles. The number of nitrogens with zero attached hydrogens (tertiary/aromatic N) is 1. The average Bonchev–Trinajstić information content (AvgIpc) is 2.52. The van der Waals surface area contributed by atoms with Gasteiger partial charge in [-0.15, -0.1) is 0 Å². The number of benzene rings is 1. The highest BCUT2D eigenvalue weighted by atomic mass is 16.2. The van der Waals surface area contributed by atoms with E-state index in [0.717, 1.165) is 16.8 Å². The lowest BCUT2D eigenvalue weighted by Gasteiger charge is -2.22. The quantitative estimate of drug-likeness (QED) is 0.856. The minimum absolute atomic E-state index is 0.0216. The van der Waals surface area contributed by atoms with Crippen molar-refractivity contribution in [3.05, 3.63) is 29.3 Å². The molecule has 2 rings (SSSR count). The molecule has 1 unspecified atom stereocenters. The fourth-order valence-corrected chi connectivity index (χ4v) is 2.56. The van der Waals surface area contributed by atoms with Crippen LogP contribution in [0.15, 0.2) is 18.2 Å². The summed E-state index contributed by atoms with van der Waals surface area (Å²) in [6.07, 6.45) is 0.184. The summed E-state index contributed by atoms with van der Waals surface area (Å²) in [6, 6.07) is 5.92. The van der Waals surface area contributed by atoms with Crippen LogP contribution >= 0.6 is 0 Å². The molecule has 1 aliphatic heterocycles. The molecule has 0 aromatic heterocycles. The third kappa shape index (κ3) is 1.68.